The van der Waals surface area contributed by atoms with E-state index in [9.17, 15) is 4.79 Å². The third-order valence-corrected chi connectivity index (χ3v) is 3.51. The van der Waals surface area contributed by atoms with Crippen LogP contribution >= 0.6 is 0 Å². The Morgan fingerprint density at radius 2 is 1.63 bits per heavy atom. The number of nitrogens with two attached hydrogens (primary N) is 1. The van der Waals surface area contributed by atoms with Crippen LogP contribution in [0, 0.1) is 0 Å². The molecule has 0 unspecified atom stereocenters. The van der Waals surface area contributed by atoms with Gasteiger partial charge in [-0.3, -0.25) is 4.90 Å². The van der Waals surface area contributed by atoms with Gasteiger partial charge >= 0.3 is 6.09 Å². The zero-order valence-corrected chi connectivity index (χ0v) is 11.3. The number of carbonyl (C=O) groups excluding carboxylic acids is 1. The summed E-state index contributed by atoms with van der Waals surface area (Å²) in [5, 5.41) is 0. The maximum Gasteiger partial charge on any atom is 0.404 e. The summed E-state index contributed by atoms with van der Waals surface area (Å²) in [5.74, 6) is 0. The first kappa shape index (κ1) is 13.9. The molecule has 1 amide bonds. The molecule has 0 aliphatic carbocycles. The van der Waals surface area contributed by atoms with E-state index in [4.69, 9.17) is 10.5 Å². The molecule has 0 atom stereocenters. The fourth-order valence-corrected chi connectivity index (χ4v) is 2.45. The quantitative estimate of drug-likeness (QED) is 0.907. The summed E-state index contributed by atoms with van der Waals surface area (Å²) in [4.78, 5) is 13.0. The molecule has 1 aliphatic rings. The fourth-order valence-electron chi connectivity index (χ4n) is 2.45. The SMILES string of the molecule is NC(=O)OCc1ccc(CN2CCCCCC2)cc1. The van der Waals surface area contributed by atoms with Gasteiger partial charge in [-0.2, -0.15) is 0 Å². The average Bonchev–Trinajstić information content (AvgIpc) is 2.66. The molecule has 104 valence electrons. The minimum absolute atomic E-state index is 0.249. The van der Waals surface area contributed by atoms with Crippen molar-refractivity contribution in [3.05, 3.63) is 35.4 Å². The number of likely N-dealkylation sites (tertiary alicyclic amines) is 1. The Kier molecular flexibility index (Phi) is 5.21. The third kappa shape index (κ3) is 4.91. The van der Waals surface area contributed by atoms with Gasteiger partial charge in [-0.05, 0) is 37.1 Å². The summed E-state index contributed by atoms with van der Waals surface area (Å²) >= 11 is 0. The number of hydrogen-bond acceptors (Lipinski definition) is 3. The number of rotatable bonds is 4. The standard InChI is InChI=1S/C15H22N2O2/c16-15(18)19-12-14-7-5-13(6-8-14)11-17-9-3-1-2-4-10-17/h5-8H,1-4,9-12H2,(H2,16,18). The van der Waals surface area contributed by atoms with Crippen molar-refractivity contribution in [1.82, 2.24) is 4.90 Å². The van der Waals surface area contributed by atoms with Crippen LogP contribution in [-0.2, 0) is 17.9 Å². The largest absolute Gasteiger partial charge is 0.445 e. The zero-order valence-electron chi connectivity index (χ0n) is 11.3. The van der Waals surface area contributed by atoms with E-state index in [-0.39, 0.29) is 6.61 Å². The van der Waals surface area contributed by atoms with Crippen LogP contribution in [0.1, 0.15) is 36.8 Å². The van der Waals surface area contributed by atoms with Crippen molar-refractivity contribution < 1.29 is 9.53 Å². The average molecular weight is 262 g/mol. The smallest absolute Gasteiger partial charge is 0.404 e. The predicted octanol–water partition coefficient (Wildman–Crippen LogP) is 2.66. The van der Waals surface area contributed by atoms with Gasteiger partial charge in [-0.1, -0.05) is 37.1 Å². The zero-order chi connectivity index (χ0) is 13.5. The Balaban J connectivity index is 1.85. The van der Waals surface area contributed by atoms with Gasteiger partial charge < -0.3 is 10.5 Å². The number of benzene rings is 1. The molecule has 1 saturated heterocycles. The molecule has 0 radical (unpaired) electrons. The summed E-state index contributed by atoms with van der Waals surface area (Å²) in [6, 6.07) is 8.20. The lowest BCUT2D eigenvalue weighted by Crippen LogP contribution is -2.23. The van der Waals surface area contributed by atoms with Gasteiger partial charge in [-0.15, -0.1) is 0 Å². The first-order valence-electron chi connectivity index (χ1n) is 6.96. The van der Waals surface area contributed by atoms with Crippen molar-refractivity contribution in [3.63, 3.8) is 0 Å². The van der Waals surface area contributed by atoms with E-state index in [2.05, 4.69) is 17.0 Å². The molecule has 0 spiro atoms. The van der Waals surface area contributed by atoms with E-state index < -0.39 is 6.09 Å². The van der Waals surface area contributed by atoms with Gasteiger partial charge in [0.05, 0.1) is 0 Å². The topological polar surface area (TPSA) is 55.6 Å². The Bertz CT molecular complexity index is 395. The number of ether oxygens (including phenoxy) is 1. The summed E-state index contributed by atoms with van der Waals surface area (Å²) < 4.78 is 4.76. The van der Waals surface area contributed by atoms with Gasteiger partial charge in [-0.25, -0.2) is 4.79 Å². The third-order valence-electron chi connectivity index (χ3n) is 3.51. The Morgan fingerprint density at radius 3 is 2.21 bits per heavy atom. The highest BCUT2D eigenvalue weighted by Gasteiger charge is 2.09. The first-order chi connectivity index (χ1) is 9.24. The van der Waals surface area contributed by atoms with Crippen LogP contribution in [-0.4, -0.2) is 24.1 Å². The molecule has 2 rings (SSSR count). The molecule has 1 heterocycles. The summed E-state index contributed by atoms with van der Waals surface area (Å²) in [6.45, 7) is 3.66. The molecule has 1 aliphatic heterocycles. The lowest BCUT2D eigenvalue weighted by Gasteiger charge is -2.19. The number of carbonyl (C=O) groups is 1. The van der Waals surface area contributed by atoms with Crippen LogP contribution in [0.5, 0.6) is 0 Å². The highest BCUT2D eigenvalue weighted by Crippen LogP contribution is 2.14. The van der Waals surface area contributed by atoms with Crippen LogP contribution < -0.4 is 5.73 Å². The van der Waals surface area contributed by atoms with Gasteiger partial charge in [0.25, 0.3) is 0 Å². The molecular formula is C15H22N2O2. The Hall–Kier alpha value is -1.55. The van der Waals surface area contributed by atoms with E-state index in [0.717, 1.165) is 12.1 Å². The minimum atomic E-state index is -0.728. The molecular weight excluding hydrogens is 240 g/mol. The van der Waals surface area contributed by atoms with Crippen molar-refractivity contribution in [2.45, 2.75) is 38.8 Å². The van der Waals surface area contributed by atoms with Crippen LogP contribution in [0.4, 0.5) is 4.79 Å². The highest BCUT2D eigenvalue weighted by atomic mass is 16.5. The molecule has 19 heavy (non-hydrogen) atoms. The maximum atomic E-state index is 10.5. The van der Waals surface area contributed by atoms with E-state index in [1.165, 1.54) is 44.3 Å². The lowest BCUT2D eigenvalue weighted by atomic mass is 10.1. The van der Waals surface area contributed by atoms with E-state index in [0.29, 0.717) is 0 Å². The van der Waals surface area contributed by atoms with Crippen LogP contribution in [0.3, 0.4) is 0 Å². The summed E-state index contributed by atoms with van der Waals surface area (Å²) in [6.07, 6.45) is 4.61. The number of hydrogen-bond donors (Lipinski definition) is 1. The van der Waals surface area contributed by atoms with Crippen LogP contribution in [0.15, 0.2) is 24.3 Å². The number of amides is 1. The van der Waals surface area contributed by atoms with E-state index in [1.54, 1.807) is 0 Å². The van der Waals surface area contributed by atoms with Gasteiger partial charge in [0.1, 0.15) is 6.61 Å². The summed E-state index contributed by atoms with van der Waals surface area (Å²) in [7, 11) is 0. The molecule has 0 aromatic heterocycles. The molecule has 0 bridgehead atoms. The van der Waals surface area contributed by atoms with Crippen molar-refractivity contribution in [2.24, 2.45) is 5.73 Å². The Labute approximate surface area is 114 Å². The number of nitrogens with zero attached hydrogens (tertiary/aromatic N) is 1. The van der Waals surface area contributed by atoms with Crippen molar-refractivity contribution in [2.75, 3.05) is 13.1 Å². The first-order valence-corrected chi connectivity index (χ1v) is 6.96. The normalized spacial score (nSPS) is 16.8. The van der Waals surface area contributed by atoms with E-state index >= 15 is 0 Å². The lowest BCUT2D eigenvalue weighted by molar-refractivity contribution is 0.150. The highest BCUT2D eigenvalue weighted by molar-refractivity contribution is 5.64. The summed E-state index contributed by atoms with van der Waals surface area (Å²) in [5.41, 5.74) is 7.22. The Morgan fingerprint density at radius 1 is 1.05 bits per heavy atom. The van der Waals surface area contributed by atoms with Crippen molar-refractivity contribution >= 4 is 6.09 Å². The molecule has 4 nitrogen and oxygen atoms in total. The van der Waals surface area contributed by atoms with Crippen LogP contribution in [0.2, 0.25) is 0 Å². The monoisotopic (exact) mass is 262 g/mol. The molecule has 1 fully saturated rings. The molecule has 1 aromatic carbocycles. The van der Waals surface area contributed by atoms with Gasteiger partial charge in [0.2, 0.25) is 0 Å². The fraction of sp³-hybridized carbons (Fsp3) is 0.533. The van der Waals surface area contributed by atoms with Crippen LogP contribution in [0.25, 0.3) is 0 Å². The number of primary amides is 1. The second kappa shape index (κ2) is 7.14. The maximum absolute atomic E-state index is 10.5. The van der Waals surface area contributed by atoms with E-state index in [1.807, 2.05) is 12.1 Å². The van der Waals surface area contributed by atoms with Gasteiger partial charge in [0, 0.05) is 6.54 Å². The second-order valence-electron chi connectivity index (χ2n) is 5.11. The van der Waals surface area contributed by atoms with Crippen molar-refractivity contribution in [3.8, 4) is 0 Å². The molecule has 1 aromatic rings. The minimum Gasteiger partial charge on any atom is -0.445 e. The molecule has 0 saturated carbocycles. The van der Waals surface area contributed by atoms with Gasteiger partial charge in [0.15, 0.2) is 0 Å². The predicted molar refractivity (Wildman–Crippen MR) is 74.6 cm³/mol. The molecule has 4 heteroatoms. The van der Waals surface area contributed by atoms with Crippen molar-refractivity contribution in [1.29, 1.82) is 0 Å². The second-order valence-corrected chi connectivity index (χ2v) is 5.11. The molecule has 2 N–H and O–H groups in total.